The fraction of sp³-hybridized carbons (Fsp3) is 0.650. The number of hydrogen-bond acceptors (Lipinski definition) is 3. The van der Waals surface area contributed by atoms with Crippen LogP contribution in [0.15, 0.2) is 36.5 Å². The average Bonchev–Trinajstić information content (AvgIpc) is 2.51. The number of methoxy groups -OCH3 is 1. The third-order valence-corrected chi connectivity index (χ3v) is 5.89. The van der Waals surface area contributed by atoms with Gasteiger partial charge in [-0.15, -0.1) is 0 Å². The van der Waals surface area contributed by atoms with Crippen LogP contribution < -0.4 is 0 Å². The summed E-state index contributed by atoms with van der Waals surface area (Å²) in [5.74, 6) is 1.45. The third-order valence-electron chi connectivity index (χ3n) is 5.89. The van der Waals surface area contributed by atoms with E-state index in [1.54, 1.807) is 6.08 Å². The van der Waals surface area contributed by atoms with Crippen LogP contribution in [-0.2, 0) is 9.53 Å². The van der Waals surface area contributed by atoms with Crippen LogP contribution in [0.3, 0.4) is 0 Å². The van der Waals surface area contributed by atoms with Gasteiger partial charge in [0.05, 0.1) is 13.2 Å². The van der Waals surface area contributed by atoms with E-state index in [4.69, 9.17) is 0 Å². The molecule has 2 aliphatic rings. The largest absolute Gasteiger partial charge is 0.466 e. The highest BCUT2D eigenvalue weighted by molar-refractivity contribution is 5.82. The van der Waals surface area contributed by atoms with Crippen molar-refractivity contribution in [3.8, 4) is 0 Å². The van der Waals surface area contributed by atoms with E-state index >= 15 is 0 Å². The Morgan fingerprint density at radius 3 is 2.65 bits per heavy atom. The number of carbonyl (C=O) groups is 1. The van der Waals surface area contributed by atoms with Gasteiger partial charge in [-0.05, 0) is 41.4 Å². The number of hydrogen-bond donors (Lipinski definition) is 1. The lowest BCUT2D eigenvalue weighted by Gasteiger charge is -2.54. The van der Waals surface area contributed by atoms with Crippen molar-refractivity contribution >= 4 is 5.97 Å². The van der Waals surface area contributed by atoms with Crippen molar-refractivity contribution in [1.82, 2.24) is 0 Å². The normalized spacial score (nSPS) is 43.7. The van der Waals surface area contributed by atoms with E-state index < -0.39 is 0 Å². The van der Waals surface area contributed by atoms with Crippen molar-refractivity contribution in [1.29, 1.82) is 0 Å². The zero-order valence-corrected chi connectivity index (χ0v) is 14.9. The van der Waals surface area contributed by atoms with Crippen molar-refractivity contribution in [2.75, 3.05) is 7.11 Å². The molecule has 128 valence electrons. The number of allylic oxidation sites excluding steroid dienone is 5. The number of aliphatic hydroxyl groups is 1. The molecule has 0 aromatic heterocycles. The lowest BCUT2D eigenvalue weighted by atomic mass is 9.51. The van der Waals surface area contributed by atoms with E-state index in [0.29, 0.717) is 23.7 Å². The molecule has 3 nitrogen and oxygen atoms in total. The molecule has 1 N–H and O–H groups in total. The van der Waals surface area contributed by atoms with E-state index in [9.17, 15) is 9.90 Å². The van der Waals surface area contributed by atoms with Crippen molar-refractivity contribution < 1.29 is 14.6 Å². The number of carbonyl (C=O) groups excluding carboxylic acids is 1. The molecule has 0 saturated heterocycles. The first kappa shape index (κ1) is 18.0. The number of aliphatic hydroxyl groups excluding tert-OH is 1. The summed E-state index contributed by atoms with van der Waals surface area (Å²) in [5, 5.41) is 10.6. The summed E-state index contributed by atoms with van der Waals surface area (Å²) in [6.07, 6.45) is 12.8. The standard InChI is InChI=1S/C20H30O3/c1-13-10-11-20(4)12-14(2)19(22)15(3)18(20)16(13)8-6-7-9-17(21)23-5/h6-11,13-16,18-19,22H,12H2,1-5H3/b8-6+,9-7+/t13-,14?,15-,16-,18+,19-,20-/m0/s1. The summed E-state index contributed by atoms with van der Waals surface area (Å²) in [6, 6.07) is 0. The van der Waals surface area contributed by atoms with Crippen LogP contribution >= 0.6 is 0 Å². The van der Waals surface area contributed by atoms with Gasteiger partial charge in [0.2, 0.25) is 0 Å². The fourth-order valence-electron chi connectivity index (χ4n) is 4.77. The van der Waals surface area contributed by atoms with Crippen LogP contribution in [0.2, 0.25) is 0 Å². The molecule has 1 unspecified atom stereocenters. The summed E-state index contributed by atoms with van der Waals surface area (Å²) in [5.41, 5.74) is 0.131. The quantitative estimate of drug-likeness (QED) is 0.373. The minimum Gasteiger partial charge on any atom is -0.466 e. The van der Waals surface area contributed by atoms with Crippen LogP contribution in [0, 0.1) is 35.0 Å². The lowest BCUT2D eigenvalue weighted by Crippen LogP contribution is -2.51. The highest BCUT2D eigenvalue weighted by Gasteiger charge is 2.50. The maximum absolute atomic E-state index is 11.2. The molecule has 2 aliphatic carbocycles. The Kier molecular flexibility index (Phi) is 5.51. The smallest absolute Gasteiger partial charge is 0.330 e. The highest BCUT2D eigenvalue weighted by Crippen LogP contribution is 2.55. The predicted molar refractivity (Wildman–Crippen MR) is 92.6 cm³/mol. The first-order valence-corrected chi connectivity index (χ1v) is 8.60. The van der Waals surface area contributed by atoms with Crippen molar-refractivity contribution in [3.63, 3.8) is 0 Å². The summed E-state index contributed by atoms with van der Waals surface area (Å²) in [6.45, 7) is 8.88. The van der Waals surface area contributed by atoms with Gasteiger partial charge in [-0.2, -0.15) is 0 Å². The number of rotatable bonds is 3. The molecule has 0 aromatic carbocycles. The molecular formula is C20H30O3. The lowest BCUT2D eigenvalue weighted by molar-refractivity contribution is -0.134. The van der Waals surface area contributed by atoms with E-state index in [-0.39, 0.29) is 23.4 Å². The molecule has 0 bridgehead atoms. The Balaban J connectivity index is 2.24. The SMILES string of the molecule is COC(=O)/C=C/C=C/[C@@H]1[C@H]2[C@H](C)[C@@H](O)C(C)C[C@]2(C)C=C[C@@H]1C. The highest BCUT2D eigenvalue weighted by atomic mass is 16.5. The number of fused-ring (bicyclic) bond motifs is 1. The minimum absolute atomic E-state index is 0.131. The first-order valence-electron chi connectivity index (χ1n) is 8.60. The Morgan fingerprint density at radius 2 is 2.00 bits per heavy atom. The summed E-state index contributed by atoms with van der Waals surface area (Å²) < 4.78 is 4.60. The van der Waals surface area contributed by atoms with Crippen molar-refractivity contribution in [2.45, 2.75) is 40.2 Å². The van der Waals surface area contributed by atoms with Gasteiger partial charge >= 0.3 is 5.97 Å². The molecular weight excluding hydrogens is 288 g/mol. The molecule has 0 spiro atoms. The Morgan fingerprint density at radius 1 is 1.30 bits per heavy atom. The number of esters is 1. The Labute approximate surface area is 140 Å². The average molecular weight is 318 g/mol. The second-order valence-corrected chi connectivity index (χ2v) is 7.63. The van der Waals surface area contributed by atoms with Crippen LogP contribution in [0.5, 0.6) is 0 Å². The Bertz CT molecular complexity index is 519. The number of ether oxygens (including phenoxy) is 1. The van der Waals surface area contributed by atoms with Gasteiger partial charge in [-0.1, -0.05) is 58.1 Å². The maximum atomic E-state index is 11.2. The van der Waals surface area contributed by atoms with E-state index in [2.05, 4.69) is 50.7 Å². The van der Waals surface area contributed by atoms with Crippen LogP contribution in [0.25, 0.3) is 0 Å². The van der Waals surface area contributed by atoms with Gasteiger partial charge in [-0.3, -0.25) is 0 Å². The topological polar surface area (TPSA) is 46.5 Å². The minimum atomic E-state index is -0.341. The van der Waals surface area contributed by atoms with Gasteiger partial charge in [0.1, 0.15) is 0 Å². The molecule has 1 fully saturated rings. The first-order chi connectivity index (χ1) is 10.8. The zero-order valence-electron chi connectivity index (χ0n) is 14.9. The molecule has 0 aromatic rings. The van der Waals surface area contributed by atoms with E-state index in [1.165, 1.54) is 13.2 Å². The monoisotopic (exact) mass is 318 g/mol. The summed E-state index contributed by atoms with van der Waals surface area (Å²) in [7, 11) is 1.38. The third kappa shape index (κ3) is 3.60. The molecule has 23 heavy (non-hydrogen) atoms. The molecule has 0 radical (unpaired) electrons. The molecule has 0 aliphatic heterocycles. The van der Waals surface area contributed by atoms with E-state index in [0.717, 1.165) is 6.42 Å². The van der Waals surface area contributed by atoms with Crippen molar-refractivity contribution in [2.24, 2.45) is 35.0 Å². The van der Waals surface area contributed by atoms with Gasteiger partial charge in [0, 0.05) is 6.08 Å². The second-order valence-electron chi connectivity index (χ2n) is 7.63. The van der Waals surface area contributed by atoms with Gasteiger partial charge < -0.3 is 9.84 Å². The maximum Gasteiger partial charge on any atom is 0.330 e. The Hall–Kier alpha value is -1.35. The second kappa shape index (κ2) is 7.04. The molecule has 7 atom stereocenters. The fourth-order valence-corrected chi connectivity index (χ4v) is 4.77. The summed E-state index contributed by atoms with van der Waals surface area (Å²) in [4.78, 5) is 11.2. The van der Waals surface area contributed by atoms with Gasteiger partial charge in [0.15, 0.2) is 0 Å². The molecule has 0 heterocycles. The predicted octanol–water partition coefficient (Wildman–Crippen LogP) is 3.75. The molecule has 1 saturated carbocycles. The van der Waals surface area contributed by atoms with Crippen LogP contribution in [0.4, 0.5) is 0 Å². The molecule has 3 heteroatoms. The molecule has 2 rings (SSSR count). The summed E-state index contributed by atoms with van der Waals surface area (Å²) >= 11 is 0. The van der Waals surface area contributed by atoms with Crippen molar-refractivity contribution in [3.05, 3.63) is 36.5 Å². The van der Waals surface area contributed by atoms with Crippen LogP contribution in [-0.4, -0.2) is 24.3 Å². The van der Waals surface area contributed by atoms with Gasteiger partial charge in [-0.25, -0.2) is 4.79 Å². The molecule has 0 amide bonds. The van der Waals surface area contributed by atoms with Crippen LogP contribution in [0.1, 0.15) is 34.1 Å². The zero-order chi connectivity index (χ0) is 17.2. The van der Waals surface area contributed by atoms with Gasteiger partial charge in [0.25, 0.3) is 0 Å². The van der Waals surface area contributed by atoms with E-state index in [1.807, 2.05) is 6.08 Å².